The van der Waals surface area contributed by atoms with Crippen LogP contribution < -0.4 is 0 Å². The number of benzene rings is 1. The summed E-state index contributed by atoms with van der Waals surface area (Å²) in [5.41, 5.74) is 0.859. The second-order valence-electron chi connectivity index (χ2n) is 4.43. The lowest BCUT2D eigenvalue weighted by molar-refractivity contribution is -0.128. The van der Waals surface area contributed by atoms with Gasteiger partial charge in [0.25, 0.3) is 0 Å². The molecule has 0 saturated heterocycles. The van der Waals surface area contributed by atoms with Gasteiger partial charge in [-0.05, 0) is 19.1 Å². The molecule has 8 heteroatoms. The molecule has 1 atom stereocenters. The standard InChI is InChI=1S/C13H15BrF3NO2S/c1-3-8-18(9-12(14)13(15,16)17)21(19,20)11-6-4-10(2)5-7-11/h3-7,12H,1,8-9H2,2H3/t12-/m1/s1. The zero-order chi connectivity index (χ0) is 16.3. The molecule has 21 heavy (non-hydrogen) atoms. The van der Waals surface area contributed by atoms with Crippen molar-refractivity contribution < 1.29 is 21.6 Å². The summed E-state index contributed by atoms with van der Waals surface area (Å²) in [7, 11) is -4.00. The van der Waals surface area contributed by atoms with Crippen molar-refractivity contribution in [3.05, 3.63) is 42.5 Å². The van der Waals surface area contributed by atoms with E-state index in [0.717, 1.165) is 9.87 Å². The topological polar surface area (TPSA) is 37.4 Å². The van der Waals surface area contributed by atoms with Crippen LogP contribution in [0, 0.1) is 6.92 Å². The van der Waals surface area contributed by atoms with E-state index in [0.29, 0.717) is 0 Å². The molecular weight excluding hydrogens is 371 g/mol. The van der Waals surface area contributed by atoms with Gasteiger partial charge in [-0.1, -0.05) is 39.7 Å². The predicted octanol–water partition coefficient (Wildman–Crippen LogP) is 3.50. The average Bonchev–Trinajstić information content (AvgIpc) is 2.37. The summed E-state index contributed by atoms with van der Waals surface area (Å²) in [6.45, 7) is 4.26. The fraction of sp³-hybridized carbons (Fsp3) is 0.385. The Bertz CT molecular complexity index is 584. The van der Waals surface area contributed by atoms with Gasteiger partial charge in [0.1, 0.15) is 4.83 Å². The molecule has 0 bridgehead atoms. The van der Waals surface area contributed by atoms with Gasteiger partial charge in [-0.15, -0.1) is 6.58 Å². The Kier molecular flexibility index (Phi) is 6.01. The lowest BCUT2D eigenvalue weighted by Crippen LogP contribution is -2.40. The van der Waals surface area contributed by atoms with E-state index in [1.807, 2.05) is 0 Å². The van der Waals surface area contributed by atoms with Crippen LogP contribution >= 0.6 is 15.9 Å². The van der Waals surface area contributed by atoms with Crippen LogP contribution in [-0.2, 0) is 10.0 Å². The van der Waals surface area contributed by atoms with E-state index in [1.165, 1.54) is 18.2 Å². The molecule has 0 spiro atoms. The van der Waals surface area contributed by atoms with Crippen molar-refractivity contribution in [2.45, 2.75) is 22.8 Å². The first-order valence-corrected chi connectivity index (χ1v) is 8.33. The number of rotatable bonds is 6. The van der Waals surface area contributed by atoms with Gasteiger partial charge in [0, 0.05) is 13.1 Å². The Labute approximate surface area is 130 Å². The lowest BCUT2D eigenvalue weighted by Gasteiger charge is -2.24. The molecule has 118 valence electrons. The SMILES string of the molecule is C=CCN(C[C@@H](Br)C(F)(F)F)S(=O)(=O)c1ccc(C)cc1. The number of halogens is 4. The maximum absolute atomic E-state index is 12.6. The molecule has 0 radical (unpaired) electrons. The van der Waals surface area contributed by atoms with Gasteiger partial charge in [0.05, 0.1) is 4.90 Å². The fourth-order valence-electron chi connectivity index (χ4n) is 1.56. The summed E-state index contributed by atoms with van der Waals surface area (Å²) in [4.78, 5) is -1.98. The van der Waals surface area contributed by atoms with E-state index < -0.39 is 27.6 Å². The van der Waals surface area contributed by atoms with E-state index in [-0.39, 0.29) is 11.4 Å². The first-order valence-electron chi connectivity index (χ1n) is 5.97. The molecule has 1 aromatic rings. The van der Waals surface area contributed by atoms with Crippen LogP contribution in [0.25, 0.3) is 0 Å². The summed E-state index contributed by atoms with van der Waals surface area (Å²) >= 11 is 2.48. The third-order valence-electron chi connectivity index (χ3n) is 2.71. The molecule has 1 rings (SSSR count). The predicted molar refractivity (Wildman–Crippen MR) is 78.9 cm³/mol. The minimum atomic E-state index is -4.53. The highest BCUT2D eigenvalue weighted by molar-refractivity contribution is 9.09. The van der Waals surface area contributed by atoms with Crippen molar-refractivity contribution in [2.75, 3.05) is 13.1 Å². The number of sulfonamides is 1. The minimum Gasteiger partial charge on any atom is -0.207 e. The van der Waals surface area contributed by atoms with Crippen LogP contribution in [0.15, 0.2) is 41.8 Å². The molecule has 0 aliphatic carbocycles. The normalized spacial score (nSPS) is 14.2. The van der Waals surface area contributed by atoms with Crippen LogP contribution in [0.4, 0.5) is 13.2 Å². The maximum atomic E-state index is 12.6. The summed E-state index contributed by atoms with van der Waals surface area (Å²) in [6.07, 6.45) is -3.27. The van der Waals surface area contributed by atoms with Gasteiger partial charge < -0.3 is 0 Å². The first kappa shape index (κ1) is 18.2. The zero-order valence-electron chi connectivity index (χ0n) is 11.3. The van der Waals surface area contributed by atoms with Crippen molar-refractivity contribution in [1.82, 2.24) is 4.31 Å². The summed E-state index contributed by atoms with van der Waals surface area (Å²) < 4.78 is 63.3. The molecule has 0 unspecified atom stereocenters. The Morgan fingerprint density at radius 1 is 1.33 bits per heavy atom. The number of hydrogen-bond donors (Lipinski definition) is 0. The molecule has 0 amide bonds. The molecule has 1 aromatic carbocycles. The van der Waals surface area contributed by atoms with Crippen LogP contribution in [0.5, 0.6) is 0 Å². The Balaban J connectivity index is 3.09. The molecule has 0 fully saturated rings. The third kappa shape index (κ3) is 4.82. The molecule has 0 aliphatic heterocycles. The Hall–Kier alpha value is -0.860. The average molecular weight is 386 g/mol. The molecule has 3 nitrogen and oxygen atoms in total. The molecule has 0 saturated carbocycles. The zero-order valence-corrected chi connectivity index (χ0v) is 13.7. The van der Waals surface area contributed by atoms with E-state index in [9.17, 15) is 21.6 Å². The molecule has 0 N–H and O–H groups in total. The van der Waals surface area contributed by atoms with E-state index in [2.05, 4.69) is 22.5 Å². The maximum Gasteiger partial charge on any atom is 0.402 e. The smallest absolute Gasteiger partial charge is 0.207 e. The molecular formula is C13H15BrF3NO2S. The van der Waals surface area contributed by atoms with Crippen molar-refractivity contribution in [3.8, 4) is 0 Å². The molecule has 0 aliphatic rings. The van der Waals surface area contributed by atoms with Crippen molar-refractivity contribution in [1.29, 1.82) is 0 Å². The summed E-state index contributed by atoms with van der Waals surface area (Å²) in [6, 6.07) is 5.93. The second kappa shape index (κ2) is 6.93. The summed E-state index contributed by atoms with van der Waals surface area (Å²) in [5.74, 6) is 0. The monoisotopic (exact) mass is 385 g/mol. The quantitative estimate of drug-likeness (QED) is 0.555. The largest absolute Gasteiger partial charge is 0.402 e. The molecule has 0 heterocycles. The Morgan fingerprint density at radius 3 is 2.29 bits per heavy atom. The van der Waals surface area contributed by atoms with E-state index >= 15 is 0 Å². The van der Waals surface area contributed by atoms with Crippen molar-refractivity contribution >= 4 is 26.0 Å². The second-order valence-corrected chi connectivity index (χ2v) is 7.48. The Morgan fingerprint density at radius 2 is 1.86 bits per heavy atom. The van der Waals surface area contributed by atoms with Gasteiger partial charge in [0.2, 0.25) is 10.0 Å². The van der Waals surface area contributed by atoms with Gasteiger partial charge in [0.15, 0.2) is 0 Å². The van der Waals surface area contributed by atoms with E-state index in [1.54, 1.807) is 19.1 Å². The van der Waals surface area contributed by atoms with Crippen molar-refractivity contribution in [2.24, 2.45) is 0 Å². The third-order valence-corrected chi connectivity index (χ3v) is 5.37. The molecule has 0 aromatic heterocycles. The minimum absolute atomic E-state index is 0.0446. The first-order chi connectivity index (χ1) is 9.59. The highest BCUT2D eigenvalue weighted by atomic mass is 79.9. The highest BCUT2D eigenvalue weighted by Crippen LogP contribution is 2.28. The highest BCUT2D eigenvalue weighted by Gasteiger charge is 2.40. The number of nitrogens with zero attached hydrogens (tertiary/aromatic N) is 1. The number of aryl methyl sites for hydroxylation is 1. The summed E-state index contributed by atoms with van der Waals surface area (Å²) in [5, 5.41) is 0. The number of alkyl halides is 4. The van der Waals surface area contributed by atoms with Crippen molar-refractivity contribution in [3.63, 3.8) is 0 Å². The van der Waals surface area contributed by atoms with Gasteiger partial charge in [-0.25, -0.2) is 8.42 Å². The van der Waals surface area contributed by atoms with Gasteiger partial charge >= 0.3 is 6.18 Å². The van der Waals surface area contributed by atoms with E-state index in [4.69, 9.17) is 0 Å². The van der Waals surface area contributed by atoms with Gasteiger partial charge in [-0.2, -0.15) is 17.5 Å². The lowest BCUT2D eigenvalue weighted by atomic mass is 10.2. The van der Waals surface area contributed by atoms with Crippen LogP contribution in [0.1, 0.15) is 5.56 Å². The van der Waals surface area contributed by atoms with Crippen LogP contribution in [0.3, 0.4) is 0 Å². The van der Waals surface area contributed by atoms with Crippen LogP contribution in [0.2, 0.25) is 0 Å². The van der Waals surface area contributed by atoms with Crippen LogP contribution in [-0.4, -0.2) is 36.8 Å². The number of hydrogen-bond acceptors (Lipinski definition) is 2. The fourth-order valence-corrected chi connectivity index (χ4v) is 3.52. The van der Waals surface area contributed by atoms with Gasteiger partial charge in [-0.3, -0.25) is 0 Å².